The van der Waals surface area contributed by atoms with Crippen molar-refractivity contribution < 1.29 is 9.18 Å². The Morgan fingerprint density at radius 1 is 1.40 bits per heavy atom. The molecule has 0 bridgehead atoms. The molecule has 25 heavy (non-hydrogen) atoms. The number of rotatable bonds is 5. The zero-order valence-corrected chi connectivity index (χ0v) is 14.5. The number of hydrogen-bond acceptors (Lipinski definition) is 3. The first kappa shape index (κ1) is 17.5. The number of fused-ring (bicyclic) bond motifs is 1. The number of hydrogen-bond donors (Lipinski definition) is 1. The van der Waals surface area contributed by atoms with Gasteiger partial charge in [0.05, 0.1) is 5.69 Å². The molecule has 0 aliphatic heterocycles. The molecule has 1 aromatic rings. The third-order valence-corrected chi connectivity index (χ3v) is 6.00. The number of nitrogens with zero attached hydrogens (tertiary/aromatic N) is 1. The molecule has 1 fully saturated rings. The first-order valence-corrected chi connectivity index (χ1v) is 8.61. The van der Waals surface area contributed by atoms with Gasteiger partial charge in [-0.25, -0.2) is 4.39 Å². The number of halogens is 1. The van der Waals surface area contributed by atoms with Crippen LogP contribution in [0, 0.1) is 28.0 Å². The maximum absolute atomic E-state index is 13.1. The van der Waals surface area contributed by atoms with Crippen LogP contribution in [0.15, 0.2) is 53.6 Å². The molecular weight excluding hydrogens is 315 g/mol. The normalized spacial score (nSPS) is 32.8. The molecule has 3 atom stereocenters. The van der Waals surface area contributed by atoms with Crippen molar-refractivity contribution in [2.24, 2.45) is 21.7 Å². The van der Waals surface area contributed by atoms with Crippen molar-refractivity contribution in [1.82, 2.24) is 0 Å². The van der Waals surface area contributed by atoms with E-state index in [0.29, 0.717) is 18.5 Å². The first-order valence-electron chi connectivity index (χ1n) is 8.61. The van der Waals surface area contributed by atoms with Crippen molar-refractivity contribution in [2.75, 3.05) is 0 Å². The highest BCUT2D eigenvalue weighted by molar-refractivity contribution is 6.08. The molecule has 3 rings (SSSR count). The van der Waals surface area contributed by atoms with Gasteiger partial charge in [0, 0.05) is 28.7 Å². The second-order valence-electron chi connectivity index (χ2n) is 7.26. The molecule has 0 amide bonds. The lowest BCUT2D eigenvalue weighted by Crippen LogP contribution is -2.42. The fourth-order valence-electron chi connectivity index (χ4n) is 4.37. The van der Waals surface area contributed by atoms with Crippen LogP contribution >= 0.6 is 0 Å². The molecule has 4 heteroatoms. The third-order valence-electron chi connectivity index (χ3n) is 6.00. The molecule has 2 aliphatic carbocycles. The molecule has 0 heterocycles. The molecule has 0 spiro atoms. The van der Waals surface area contributed by atoms with Crippen molar-refractivity contribution in [2.45, 2.75) is 32.6 Å². The van der Waals surface area contributed by atoms with Gasteiger partial charge in [-0.15, -0.1) is 6.58 Å². The minimum absolute atomic E-state index is 0.152. The van der Waals surface area contributed by atoms with Gasteiger partial charge in [0.2, 0.25) is 0 Å². The van der Waals surface area contributed by atoms with Crippen LogP contribution in [0.3, 0.4) is 0 Å². The molecule has 130 valence electrons. The van der Waals surface area contributed by atoms with E-state index in [1.54, 1.807) is 12.1 Å². The number of carbonyl (C=O) groups excluding carboxylic acids is 1. The Labute approximate surface area is 147 Å². The average molecular weight is 338 g/mol. The molecule has 1 aromatic carbocycles. The highest BCUT2D eigenvalue weighted by atomic mass is 19.1. The third kappa shape index (κ3) is 2.80. The second kappa shape index (κ2) is 6.51. The maximum Gasteiger partial charge on any atom is 0.127 e. The van der Waals surface area contributed by atoms with Crippen LogP contribution in [0.5, 0.6) is 0 Å². The zero-order valence-electron chi connectivity index (χ0n) is 14.5. The number of allylic oxidation sites excluding steroid dienone is 3. The summed E-state index contributed by atoms with van der Waals surface area (Å²) < 4.78 is 13.1. The summed E-state index contributed by atoms with van der Waals surface area (Å²) in [6, 6.07) is 6.04. The van der Waals surface area contributed by atoms with E-state index in [-0.39, 0.29) is 17.2 Å². The first-order chi connectivity index (χ1) is 12.0. The Morgan fingerprint density at radius 3 is 2.72 bits per heavy atom. The molecular formula is C21H23FN2O. The van der Waals surface area contributed by atoms with E-state index in [1.807, 2.05) is 6.08 Å². The summed E-state index contributed by atoms with van der Waals surface area (Å²) >= 11 is 0. The SMILES string of the molecule is C=CCC1(C=O)CCC2=CC(=Nc3ccc(F)cc3)C(C=N)CC21C. The number of carbonyl (C=O) groups is 1. The minimum atomic E-state index is -0.441. The predicted molar refractivity (Wildman–Crippen MR) is 99.1 cm³/mol. The van der Waals surface area contributed by atoms with E-state index in [2.05, 4.69) is 24.6 Å². The summed E-state index contributed by atoms with van der Waals surface area (Å²) in [4.78, 5) is 16.6. The van der Waals surface area contributed by atoms with E-state index >= 15 is 0 Å². The lowest BCUT2D eigenvalue weighted by molar-refractivity contribution is -0.120. The van der Waals surface area contributed by atoms with Gasteiger partial charge in [-0.1, -0.05) is 18.6 Å². The van der Waals surface area contributed by atoms with Crippen molar-refractivity contribution in [1.29, 1.82) is 5.41 Å². The van der Waals surface area contributed by atoms with Gasteiger partial charge in [0.1, 0.15) is 12.1 Å². The fraction of sp³-hybridized carbons (Fsp3) is 0.381. The van der Waals surface area contributed by atoms with Crippen LogP contribution in [0.25, 0.3) is 0 Å². The summed E-state index contributed by atoms with van der Waals surface area (Å²) in [5.74, 6) is -0.445. The van der Waals surface area contributed by atoms with Crippen LogP contribution in [0.1, 0.15) is 32.6 Å². The van der Waals surface area contributed by atoms with Gasteiger partial charge in [-0.05, 0) is 56.0 Å². The maximum atomic E-state index is 13.1. The van der Waals surface area contributed by atoms with Crippen LogP contribution in [0.4, 0.5) is 10.1 Å². The Bertz CT molecular complexity index is 765. The van der Waals surface area contributed by atoms with E-state index in [4.69, 9.17) is 5.41 Å². The van der Waals surface area contributed by atoms with Crippen molar-refractivity contribution in [3.8, 4) is 0 Å². The Morgan fingerprint density at radius 2 is 2.12 bits per heavy atom. The Kier molecular flexibility index (Phi) is 4.55. The number of aldehydes is 1. The Hall–Kier alpha value is -2.36. The highest BCUT2D eigenvalue weighted by Gasteiger charge is 2.56. The lowest BCUT2D eigenvalue weighted by atomic mass is 9.58. The van der Waals surface area contributed by atoms with E-state index in [9.17, 15) is 9.18 Å². The van der Waals surface area contributed by atoms with E-state index in [0.717, 1.165) is 24.8 Å². The van der Waals surface area contributed by atoms with E-state index < -0.39 is 5.41 Å². The number of nitrogens with one attached hydrogen (secondary N) is 1. The van der Waals surface area contributed by atoms with Gasteiger partial charge in [0.25, 0.3) is 0 Å². The molecule has 3 nitrogen and oxygen atoms in total. The summed E-state index contributed by atoms with van der Waals surface area (Å²) in [6.45, 7) is 5.96. The molecule has 1 N–H and O–H groups in total. The fourth-order valence-corrected chi connectivity index (χ4v) is 4.37. The standard InChI is InChI=1S/C21H23FN2O/c1-3-9-21(14-25)10-8-16-11-19(15(13-23)12-20(16,21)2)24-18-6-4-17(22)5-7-18/h3-7,11,13-15,23H,1,8-10,12H2,2H3. The van der Waals surface area contributed by atoms with Crippen molar-refractivity contribution in [3.63, 3.8) is 0 Å². The summed E-state index contributed by atoms with van der Waals surface area (Å²) in [7, 11) is 0. The smallest absolute Gasteiger partial charge is 0.127 e. The van der Waals surface area contributed by atoms with Crippen LogP contribution in [0.2, 0.25) is 0 Å². The average Bonchev–Trinajstić information content (AvgIpc) is 2.89. The largest absolute Gasteiger partial charge is 0.312 e. The molecule has 0 radical (unpaired) electrons. The molecule has 1 saturated carbocycles. The zero-order chi connectivity index (χ0) is 18.1. The quantitative estimate of drug-likeness (QED) is 0.455. The number of benzene rings is 1. The van der Waals surface area contributed by atoms with Crippen molar-refractivity contribution >= 4 is 23.9 Å². The van der Waals surface area contributed by atoms with Crippen LogP contribution in [-0.4, -0.2) is 18.2 Å². The van der Waals surface area contributed by atoms with Crippen LogP contribution in [-0.2, 0) is 4.79 Å². The minimum Gasteiger partial charge on any atom is -0.312 e. The molecule has 3 unspecified atom stereocenters. The lowest BCUT2D eigenvalue weighted by Gasteiger charge is -2.44. The predicted octanol–water partition coefficient (Wildman–Crippen LogP) is 5.06. The van der Waals surface area contributed by atoms with Gasteiger partial charge in [0.15, 0.2) is 0 Å². The topological polar surface area (TPSA) is 53.3 Å². The molecule has 0 aromatic heterocycles. The van der Waals surface area contributed by atoms with Gasteiger partial charge in [-0.3, -0.25) is 4.99 Å². The van der Waals surface area contributed by atoms with Gasteiger partial charge >= 0.3 is 0 Å². The molecule has 2 aliphatic rings. The van der Waals surface area contributed by atoms with Crippen LogP contribution < -0.4 is 0 Å². The summed E-state index contributed by atoms with van der Waals surface area (Å²) in [6.07, 6.45) is 9.38. The highest BCUT2D eigenvalue weighted by Crippen LogP contribution is 2.61. The van der Waals surface area contributed by atoms with Gasteiger partial charge < -0.3 is 10.2 Å². The second-order valence-corrected chi connectivity index (χ2v) is 7.26. The van der Waals surface area contributed by atoms with Gasteiger partial charge in [-0.2, -0.15) is 0 Å². The summed E-state index contributed by atoms with van der Waals surface area (Å²) in [5.41, 5.74) is 2.00. The molecule has 0 saturated heterocycles. The number of aliphatic imine (C=N–C) groups is 1. The Balaban J connectivity index is 2.04. The summed E-state index contributed by atoms with van der Waals surface area (Å²) in [5, 5.41) is 7.85. The van der Waals surface area contributed by atoms with Crippen molar-refractivity contribution in [3.05, 3.63) is 54.4 Å². The van der Waals surface area contributed by atoms with E-state index in [1.165, 1.54) is 23.9 Å². The monoisotopic (exact) mass is 338 g/mol.